The summed E-state index contributed by atoms with van der Waals surface area (Å²) in [5.74, 6) is 0. The second-order valence-corrected chi connectivity index (χ2v) is 1.93. The Bertz CT molecular complexity index is 38.8. The van der Waals surface area contributed by atoms with Crippen LogP contribution in [0.4, 0.5) is 0 Å². The number of rotatable bonds is 4. The normalized spacial score (nSPS) is 5.60. The number of hydrogen-bond acceptors (Lipinski definition) is 0. The molecule has 76 valence electrons. The summed E-state index contributed by atoms with van der Waals surface area (Å²) in [6.45, 7) is 14.4. The molecule has 0 saturated heterocycles. The Morgan fingerprint density at radius 3 is 1.07 bits per heavy atom. The van der Waals surface area contributed by atoms with Gasteiger partial charge >= 0.3 is 32.7 Å². The molecule has 15 heavy (non-hydrogen) atoms. The monoisotopic (exact) mass is 584 g/mol. The summed E-state index contributed by atoms with van der Waals surface area (Å²) in [4.78, 5) is 0. The molecule has 5 heteroatoms. The van der Waals surface area contributed by atoms with Crippen molar-refractivity contribution < 1.29 is 164 Å². The van der Waals surface area contributed by atoms with E-state index in [2.05, 4.69) is 34.1 Å². The Morgan fingerprint density at radius 2 is 1.00 bits per heavy atom. The van der Waals surface area contributed by atoms with Crippen molar-refractivity contribution in [1.29, 1.82) is 0 Å². The smallest absolute Gasteiger partial charge is 0.372 e. The van der Waals surface area contributed by atoms with E-state index in [1.54, 1.807) is 0 Å². The maximum Gasteiger partial charge on any atom is 3.00 e. The topological polar surface area (TPSA) is 0 Å². The summed E-state index contributed by atoms with van der Waals surface area (Å²) in [6.07, 6.45) is 7.11. The second-order valence-electron chi connectivity index (χ2n) is 1.93. The van der Waals surface area contributed by atoms with Crippen LogP contribution in [0, 0.1) is 34.1 Å². The van der Waals surface area contributed by atoms with Crippen molar-refractivity contribution in [1.82, 2.24) is 0 Å². The molecule has 4 radical (unpaired) electrons. The molecular formula is C10H19Y5-2. The SMILES string of the molecule is [CH2-]CC[CH2-].[CH2-]C[CH-]CC[CH2-].[Y+3].[Y].[Y].[Y].[Y]. The number of hydrogen-bond donors (Lipinski definition) is 0. The van der Waals surface area contributed by atoms with E-state index in [0.29, 0.717) is 0 Å². The fourth-order valence-corrected chi connectivity index (χ4v) is 0.289. The molecule has 0 amide bonds. The molecule has 0 N–H and O–H groups in total. The average molecular weight is 584 g/mol. The standard InChI is InChI=1S/C6H11.C4H8.5Y/c1-3-5-6-4-2;1-3-4-2;;;;;/h5H,1-4,6H2;1-4H2;;;;;/q-3;-2;;;;;+3. The molecule has 0 bridgehead atoms. The molecule has 0 aromatic carbocycles. The van der Waals surface area contributed by atoms with E-state index in [-0.39, 0.29) is 164 Å². The van der Waals surface area contributed by atoms with Gasteiger partial charge in [0.05, 0.1) is 0 Å². The Hall–Kier alpha value is 5.52. The third-order valence-corrected chi connectivity index (χ3v) is 0.862. The van der Waals surface area contributed by atoms with Crippen LogP contribution in [0.5, 0.6) is 0 Å². The molecule has 0 aromatic rings. The molecule has 0 saturated carbocycles. The summed E-state index contributed by atoms with van der Waals surface area (Å²) >= 11 is 0. The largest absolute Gasteiger partial charge is 3.00 e. The predicted octanol–water partition coefficient (Wildman–Crippen LogP) is 3.45. The first-order valence-electron chi connectivity index (χ1n) is 3.82. The first-order chi connectivity index (χ1) is 4.83. The van der Waals surface area contributed by atoms with Gasteiger partial charge < -0.3 is 40.5 Å². The quantitative estimate of drug-likeness (QED) is 0.352. The zero-order valence-electron chi connectivity index (χ0n) is 9.83. The van der Waals surface area contributed by atoms with E-state index in [1.807, 2.05) is 0 Å². The Balaban J connectivity index is -0.0000000133. The van der Waals surface area contributed by atoms with Crippen molar-refractivity contribution in [2.24, 2.45) is 0 Å². The zero-order valence-corrected chi connectivity index (χ0v) is 24.0. The Morgan fingerprint density at radius 1 is 0.667 bits per heavy atom. The van der Waals surface area contributed by atoms with Gasteiger partial charge in [-0.25, -0.2) is 25.7 Å². The van der Waals surface area contributed by atoms with Crippen LogP contribution in [-0.4, -0.2) is 0 Å². The van der Waals surface area contributed by atoms with Gasteiger partial charge in [-0.2, -0.15) is 0 Å². The van der Waals surface area contributed by atoms with E-state index >= 15 is 0 Å². The van der Waals surface area contributed by atoms with Crippen LogP contribution in [0.25, 0.3) is 0 Å². The van der Waals surface area contributed by atoms with Gasteiger partial charge in [0, 0.05) is 131 Å². The van der Waals surface area contributed by atoms with Crippen LogP contribution < -0.4 is 0 Å². The van der Waals surface area contributed by atoms with E-state index in [0.717, 1.165) is 32.1 Å². The molecule has 0 spiro atoms. The maximum atomic E-state index is 3.66. The van der Waals surface area contributed by atoms with Crippen LogP contribution in [0.15, 0.2) is 0 Å². The molecule has 0 aliphatic heterocycles. The number of unbranched alkanes of at least 4 members (excludes halogenated alkanes) is 4. The zero-order chi connectivity index (χ0) is 8.24. The third-order valence-electron chi connectivity index (χ3n) is 0.862. The average Bonchev–Trinajstić information content (AvgIpc) is 2.01. The predicted molar refractivity (Wildman–Crippen MR) is 48.8 cm³/mol. The van der Waals surface area contributed by atoms with E-state index in [1.165, 1.54) is 0 Å². The minimum absolute atomic E-state index is 0. The third kappa shape index (κ3) is 66.1. The van der Waals surface area contributed by atoms with Crippen LogP contribution in [0.2, 0.25) is 0 Å². The minimum Gasteiger partial charge on any atom is -0.372 e. The molecule has 0 fully saturated rings. The Labute approximate surface area is 224 Å². The summed E-state index contributed by atoms with van der Waals surface area (Å²) in [7, 11) is 0. The van der Waals surface area contributed by atoms with Gasteiger partial charge in [-0.3, -0.25) is 0 Å². The maximum absolute atomic E-state index is 3.66. The first-order valence-corrected chi connectivity index (χ1v) is 3.82. The van der Waals surface area contributed by atoms with Crippen molar-refractivity contribution in [2.45, 2.75) is 32.1 Å². The second kappa shape index (κ2) is 50.4. The summed E-state index contributed by atoms with van der Waals surface area (Å²) in [5, 5.41) is 0. The molecule has 0 aliphatic rings. The van der Waals surface area contributed by atoms with Crippen LogP contribution in [0.3, 0.4) is 0 Å². The van der Waals surface area contributed by atoms with Gasteiger partial charge in [-0.05, 0) is 0 Å². The summed E-state index contributed by atoms with van der Waals surface area (Å²) in [5.41, 5.74) is 0. The summed E-state index contributed by atoms with van der Waals surface area (Å²) in [6, 6.07) is 0. The van der Waals surface area contributed by atoms with Gasteiger partial charge in [0.1, 0.15) is 0 Å². The van der Waals surface area contributed by atoms with Crippen LogP contribution >= 0.6 is 0 Å². The van der Waals surface area contributed by atoms with Gasteiger partial charge in [0.15, 0.2) is 0 Å². The van der Waals surface area contributed by atoms with Gasteiger partial charge in [0.25, 0.3) is 0 Å². The molecular weight excluding hydrogens is 565 g/mol. The van der Waals surface area contributed by atoms with Gasteiger partial charge in [-0.1, -0.05) is 0 Å². The fraction of sp³-hybridized carbons (Fsp3) is 0.500. The first kappa shape index (κ1) is 42.8. The van der Waals surface area contributed by atoms with Gasteiger partial charge in [0.2, 0.25) is 0 Å². The summed E-state index contributed by atoms with van der Waals surface area (Å²) < 4.78 is 0. The fourth-order valence-electron chi connectivity index (χ4n) is 0.289. The molecule has 0 nitrogen and oxygen atoms in total. The molecule has 0 aromatic heterocycles. The Kier molecular flexibility index (Phi) is 144. The molecule has 0 rings (SSSR count). The van der Waals surface area contributed by atoms with E-state index in [4.69, 9.17) is 0 Å². The van der Waals surface area contributed by atoms with Crippen LogP contribution in [-0.2, 0) is 164 Å². The van der Waals surface area contributed by atoms with Crippen molar-refractivity contribution >= 4 is 0 Å². The molecule has 0 atom stereocenters. The van der Waals surface area contributed by atoms with Crippen molar-refractivity contribution in [2.75, 3.05) is 0 Å². The molecule has 0 aliphatic carbocycles. The van der Waals surface area contributed by atoms with Gasteiger partial charge in [-0.15, -0.1) is 0 Å². The molecule has 0 unspecified atom stereocenters. The van der Waals surface area contributed by atoms with E-state index in [9.17, 15) is 0 Å². The van der Waals surface area contributed by atoms with Crippen molar-refractivity contribution in [3.8, 4) is 0 Å². The van der Waals surface area contributed by atoms with E-state index < -0.39 is 0 Å². The molecule has 0 heterocycles. The van der Waals surface area contributed by atoms with Crippen molar-refractivity contribution in [3.63, 3.8) is 0 Å². The minimum atomic E-state index is 0. The van der Waals surface area contributed by atoms with Crippen molar-refractivity contribution in [3.05, 3.63) is 34.1 Å². The van der Waals surface area contributed by atoms with Crippen LogP contribution in [0.1, 0.15) is 32.1 Å².